The van der Waals surface area contributed by atoms with Crippen LogP contribution in [0.3, 0.4) is 0 Å². The standard InChI is InChI=1S/C16H18O4S/c1-11-5-7-13(8-6-11)21(18,19)10-12-9-14-15(17)3-2-4-16(14)20-12/h5-8,12H,2-4,9-10H2,1H3. The van der Waals surface area contributed by atoms with Gasteiger partial charge in [0, 0.05) is 24.8 Å². The predicted molar refractivity (Wildman–Crippen MR) is 78.6 cm³/mol. The third kappa shape index (κ3) is 2.88. The van der Waals surface area contributed by atoms with Gasteiger partial charge in [0.1, 0.15) is 11.9 Å². The van der Waals surface area contributed by atoms with Crippen LogP contribution in [0.1, 0.15) is 31.2 Å². The Morgan fingerprint density at radius 1 is 1.19 bits per heavy atom. The summed E-state index contributed by atoms with van der Waals surface area (Å²) in [7, 11) is -3.38. The van der Waals surface area contributed by atoms with E-state index >= 15 is 0 Å². The molecular formula is C16H18O4S. The van der Waals surface area contributed by atoms with E-state index < -0.39 is 15.9 Å². The Bertz CT molecular complexity index is 698. The molecule has 1 heterocycles. The summed E-state index contributed by atoms with van der Waals surface area (Å²) in [5.74, 6) is 0.762. The summed E-state index contributed by atoms with van der Waals surface area (Å²) >= 11 is 0. The molecule has 1 aromatic rings. The van der Waals surface area contributed by atoms with Crippen molar-refractivity contribution in [3.63, 3.8) is 0 Å². The molecule has 0 bridgehead atoms. The SMILES string of the molecule is Cc1ccc(S(=O)(=O)CC2CC3=C(CCCC3=O)O2)cc1. The average molecular weight is 306 g/mol. The zero-order valence-corrected chi connectivity index (χ0v) is 12.8. The number of sulfone groups is 1. The lowest BCUT2D eigenvalue weighted by Crippen LogP contribution is -2.21. The number of rotatable bonds is 3. The van der Waals surface area contributed by atoms with Crippen LogP contribution in [0.25, 0.3) is 0 Å². The number of ether oxygens (including phenoxy) is 1. The van der Waals surface area contributed by atoms with Gasteiger partial charge in [-0.05, 0) is 25.5 Å². The molecule has 21 heavy (non-hydrogen) atoms. The lowest BCUT2D eigenvalue weighted by Gasteiger charge is -2.14. The molecule has 0 amide bonds. The van der Waals surface area contributed by atoms with Gasteiger partial charge in [-0.15, -0.1) is 0 Å². The first kappa shape index (κ1) is 14.3. The summed E-state index contributed by atoms with van der Waals surface area (Å²) < 4.78 is 30.5. The second-order valence-corrected chi connectivity index (χ2v) is 7.75. The highest BCUT2D eigenvalue weighted by molar-refractivity contribution is 7.91. The molecule has 4 nitrogen and oxygen atoms in total. The quantitative estimate of drug-likeness (QED) is 0.861. The molecule has 0 fully saturated rings. The Morgan fingerprint density at radius 2 is 1.90 bits per heavy atom. The van der Waals surface area contributed by atoms with Crippen LogP contribution in [0.4, 0.5) is 0 Å². The van der Waals surface area contributed by atoms with Crippen molar-refractivity contribution in [1.82, 2.24) is 0 Å². The van der Waals surface area contributed by atoms with Crippen LogP contribution >= 0.6 is 0 Å². The van der Waals surface area contributed by atoms with E-state index in [2.05, 4.69) is 0 Å². The molecule has 1 aliphatic carbocycles. The van der Waals surface area contributed by atoms with E-state index in [9.17, 15) is 13.2 Å². The number of benzene rings is 1. The van der Waals surface area contributed by atoms with Gasteiger partial charge in [-0.3, -0.25) is 4.79 Å². The molecule has 112 valence electrons. The number of hydrogen-bond donors (Lipinski definition) is 0. The maximum absolute atomic E-state index is 12.4. The first-order valence-electron chi connectivity index (χ1n) is 7.17. The Kier molecular flexibility index (Phi) is 3.61. The van der Waals surface area contributed by atoms with E-state index in [0.29, 0.717) is 23.3 Å². The summed E-state index contributed by atoms with van der Waals surface area (Å²) in [4.78, 5) is 12.1. The number of carbonyl (C=O) groups is 1. The Morgan fingerprint density at radius 3 is 2.57 bits per heavy atom. The highest BCUT2D eigenvalue weighted by atomic mass is 32.2. The number of hydrogen-bond acceptors (Lipinski definition) is 4. The second-order valence-electron chi connectivity index (χ2n) is 5.72. The summed E-state index contributed by atoms with van der Waals surface area (Å²) in [5.41, 5.74) is 1.74. The summed E-state index contributed by atoms with van der Waals surface area (Å²) in [5, 5.41) is 0. The van der Waals surface area contributed by atoms with Crippen molar-refractivity contribution in [2.75, 3.05) is 5.75 Å². The van der Waals surface area contributed by atoms with E-state index in [1.165, 1.54) is 0 Å². The lowest BCUT2D eigenvalue weighted by molar-refractivity contribution is -0.116. The number of Topliss-reactive ketones (excluding diaryl/α,β-unsaturated/α-hetero) is 1. The van der Waals surface area contributed by atoms with Crippen LogP contribution in [-0.4, -0.2) is 26.1 Å². The molecule has 0 N–H and O–H groups in total. The molecule has 0 saturated heterocycles. The number of ketones is 1. The molecule has 1 atom stereocenters. The van der Waals surface area contributed by atoms with Crippen molar-refractivity contribution in [2.45, 2.75) is 43.6 Å². The highest BCUT2D eigenvalue weighted by Gasteiger charge is 2.35. The molecule has 2 aliphatic rings. The van der Waals surface area contributed by atoms with Crippen molar-refractivity contribution in [3.8, 4) is 0 Å². The van der Waals surface area contributed by atoms with Crippen molar-refractivity contribution in [3.05, 3.63) is 41.2 Å². The van der Waals surface area contributed by atoms with E-state index in [4.69, 9.17) is 4.74 Å². The van der Waals surface area contributed by atoms with Gasteiger partial charge in [0.25, 0.3) is 0 Å². The topological polar surface area (TPSA) is 60.4 Å². The van der Waals surface area contributed by atoms with Gasteiger partial charge >= 0.3 is 0 Å². The van der Waals surface area contributed by atoms with Gasteiger partial charge in [-0.25, -0.2) is 8.42 Å². The van der Waals surface area contributed by atoms with Crippen LogP contribution in [-0.2, 0) is 19.4 Å². The van der Waals surface area contributed by atoms with Crippen LogP contribution < -0.4 is 0 Å². The zero-order valence-electron chi connectivity index (χ0n) is 12.0. The molecule has 0 aromatic heterocycles. The fourth-order valence-corrected chi connectivity index (χ4v) is 4.29. The summed E-state index contributed by atoms with van der Waals surface area (Å²) in [6.07, 6.45) is 2.11. The van der Waals surface area contributed by atoms with E-state index in [1.807, 2.05) is 6.92 Å². The van der Waals surface area contributed by atoms with Crippen molar-refractivity contribution in [1.29, 1.82) is 0 Å². The first-order valence-corrected chi connectivity index (χ1v) is 8.82. The Labute approximate surface area is 124 Å². The third-order valence-corrected chi connectivity index (χ3v) is 5.81. The molecular weight excluding hydrogens is 288 g/mol. The molecule has 5 heteroatoms. The fraction of sp³-hybridized carbons (Fsp3) is 0.438. The number of carbonyl (C=O) groups excluding carboxylic acids is 1. The van der Waals surface area contributed by atoms with Crippen LogP contribution in [0, 0.1) is 6.92 Å². The molecule has 1 aliphatic heterocycles. The Hall–Kier alpha value is -1.62. The molecule has 1 aromatic carbocycles. The number of allylic oxidation sites excluding steroid dienone is 1. The van der Waals surface area contributed by atoms with Gasteiger partial charge in [-0.2, -0.15) is 0 Å². The van der Waals surface area contributed by atoms with Crippen molar-refractivity contribution in [2.24, 2.45) is 0 Å². The molecule has 0 radical (unpaired) electrons. The van der Waals surface area contributed by atoms with Crippen LogP contribution in [0.2, 0.25) is 0 Å². The minimum atomic E-state index is -3.38. The van der Waals surface area contributed by atoms with Gasteiger partial charge < -0.3 is 4.74 Å². The third-order valence-electron chi connectivity index (χ3n) is 4.01. The van der Waals surface area contributed by atoms with Gasteiger partial charge in [-0.1, -0.05) is 17.7 Å². The van der Waals surface area contributed by atoms with E-state index in [1.54, 1.807) is 24.3 Å². The molecule has 1 unspecified atom stereocenters. The minimum absolute atomic E-state index is 0.0731. The van der Waals surface area contributed by atoms with Gasteiger partial charge in [0.15, 0.2) is 15.6 Å². The van der Waals surface area contributed by atoms with E-state index in [0.717, 1.165) is 24.2 Å². The zero-order chi connectivity index (χ0) is 15.0. The highest BCUT2D eigenvalue weighted by Crippen LogP contribution is 2.35. The second kappa shape index (κ2) is 5.30. The van der Waals surface area contributed by atoms with Crippen LogP contribution in [0.15, 0.2) is 40.5 Å². The van der Waals surface area contributed by atoms with Crippen molar-refractivity contribution < 1.29 is 17.9 Å². The average Bonchev–Trinajstić information content (AvgIpc) is 2.82. The summed E-state index contributed by atoms with van der Waals surface area (Å²) in [6.45, 7) is 1.92. The largest absolute Gasteiger partial charge is 0.493 e. The Balaban J connectivity index is 1.73. The predicted octanol–water partition coefficient (Wildman–Crippen LogP) is 2.56. The first-order chi connectivity index (χ1) is 9.95. The molecule has 0 saturated carbocycles. The van der Waals surface area contributed by atoms with E-state index in [-0.39, 0.29) is 11.5 Å². The normalized spacial score (nSPS) is 22.1. The van der Waals surface area contributed by atoms with Gasteiger partial charge in [0.05, 0.1) is 10.6 Å². The monoisotopic (exact) mass is 306 g/mol. The van der Waals surface area contributed by atoms with Crippen molar-refractivity contribution >= 4 is 15.6 Å². The maximum atomic E-state index is 12.4. The molecule has 0 spiro atoms. The minimum Gasteiger partial charge on any atom is -0.493 e. The number of aryl methyl sites for hydroxylation is 1. The van der Waals surface area contributed by atoms with Crippen LogP contribution in [0.5, 0.6) is 0 Å². The lowest BCUT2D eigenvalue weighted by atomic mass is 9.95. The summed E-state index contributed by atoms with van der Waals surface area (Å²) in [6, 6.07) is 6.82. The maximum Gasteiger partial charge on any atom is 0.182 e. The smallest absolute Gasteiger partial charge is 0.182 e. The molecule has 3 rings (SSSR count). The fourth-order valence-electron chi connectivity index (χ4n) is 2.87. The van der Waals surface area contributed by atoms with Gasteiger partial charge in [0.2, 0.25) is 0 Å².